The standard InChI is InChI=1S/C10H14N2O2/c1-7-5-8(13)6-9(11)10(7)12-3-4-14-2/h3,5-6,13H,4,11H2,1-2H3. The maximum absolute atomic E-state index is 9.23. The summed E-state index contributed by atoms with van der Waals surface area (Å²) >= 11 is 0. The Bertz CT molecular complexity index is 325. The monoisotopic (exact) mass is 194 g/mol. The maximum atomic E-state index is 9.23. The molecule has 0 aliphatic carbocycles. The number of rotatable bonds is 3. The molecule has 0 radical (unpaired) electrons. The molecule has 3 N–H and O–H groups in total. The summed E-state index contributed by atoms with van der Waals surface area (Å²) in [7, 11) is 1.60. The molecule has 1 aromatic carbocycles. The van der Waals surface area contributed by atoms with Crippen molar-refractivity contribution in [3.05, 3.63) is 17.7 Å². The van der Waals surface area contributed by atoms with E-state index < -0.39 is 0 Å². The van der Waals surface area contributed by atoms with Gasteiger partial charge < -0.3 is 15.6 Å². The third-order valence-electron chi connectivity index (χ3n) is 1.78. The Morgan fingerprint density at radius 3 is 2.86 bits per heavy atom. The molecule has 76 valence electrons. The van der Waals surface area contributed by atoms with Gasteiger partial charge in [-0.3, -0.25) is 4.99 Å². The summed E-state index contributed by atoms with van der Waals surface area (Å²) < 4.78 is 4.83. The molecule has 0 bridgehead atoms. The number of ether oxygens (including phenoxy) is 1. The van der Waals surface area contributed by atoms with Crippen LogP contribution >= 0.6 is 0 Å². The largest absolute Gasteiger partial charge is 0.508 e. The van der Waals surface area contributed by atoms with Crippen molar-refractivity contribution in [3.8, 4) is 5.75 Å². The van der Waals surface area contributed by atoms with E-state index in [0.717, 1.165) is 5.56 Å². The Kier molecular flexibility index (Phi) is 3.48. The number of aromatic hydroxyl groups is 1. The van der Waals surface area contributed by atoms with Gasteiger partial charge in [0.05, 0.1) is 18.0 Å². The molecule has 0 unspecified atom stereocenters. The van der Waals surface area contributed by atoms with E-state index in [2.05, 4.69) is 4.99 Å². The molecule has 14 heavy (non-hydrogen) atoms. The van der Waals surface area contributed by atoms with Crippen LogP contribution < -0.4 is 5.73 Å². The van der Waals surface area contributed by atoms with Gasteiger partial charge in [0.2, 0.25) is 0 Å². The first-order valence-corrected chi connectivity index (χ1v) is 4.25. The van der Waals surface area contributed by atoms with Crippen LogP contribution in [-0.4, -0.2) is 25.0 Å². The Morgan fingerprint density at radius 1 is 1.57 bits per heavy atom. The van der Waals surface area contributed by atoms with E-state index in [4.69, 9.17) is 10.5 Å². The Morgan fingerprint density at radius 2 is 2.29 bits per heavy atom. The SMILES string of the molecule is COCC=Nc1c(C)cc(O)cc1N. The van der Waals surface area contributed by atoms with E-state index in [0.29, 0.717) is 18.0 Å². The number of aryl methyl sites for hydroxylation is 1. The molecular formula is C10H14N2O2. The minimum Gasteiger partial charge on any atom is -0.508 e. The van der Waals surface area contributed by atoms with Crippen molar-refractivity contribution in [2.24, 2.45) is 4.99 Å². The molecule has 0 saturated heterocycles. The van der Waals surface area contributed by atoms with Crippen molar-refractivity contribution >= 4 is 17.6 Å². The lowest BCUT2D eigenvalue weighted by Crippen LogP contribution is -1.91. The molecule has 4 heteroatoms. The molecule has 0 fully saturated rings. The van der Waals surface area contributed by atoms with E-state index in [1.807, 2.05) is 6.92 Å². The fourth-order valence-electron chi connectivity index (χ4n) is 1.17. The van der Waals surface area contributed by atoms with Gasteiger partial charge >= 0.3 is 0 Å². The lowest BCUT2D eigenvalue weighted by Gasteiger charge is -2.04. The van der Waals surface area contributed by atoms with Gasteiger partial charge in [0, 0.05) is 19.4 Å². The van der Waals surface area contributed by atoms with E-state index >= 15 is 0 Å². The summed E-state index contributed by atoms with van der Waals surface area (Å²) in [5.41, 5.74) is 7.68. The lowest BCUT2D eigenvalue weighted by molar-refractivity contribution is 0.248. The van der Waals surface area contributed by atoms with Crippen LogP contribution in [0.15, 0.2) is 17.1 Å². The van der Waals surface area contributed by atoms with Gasteiger partial charge in [-0.1, -0.05) is 0 Å². The van der Waals surface area contributed by atoms with Crippen molar-refractivity contribution in [1.29, 1.82) is 0 Å². The number of nitrogens with two attached hydrogens (primary N) is 1. The van der Waals surface area contributed by atoms with Gasteiger partial charge in [-0.05, 0) is 18.6 Å². The number of benzene rings is 1. The van der Waals surface area contributed by atoms with Gasteiger partial charge in [0.25, 0.3) is 0 Å². The highest BCUT2D eigenvalue weighted by molar-refractivity contribution is 5.75. The van der Waals surface area contributed by atoms with Crippen LogP contribution in [0.1, 0.15) is 5.56 Å². The molecule has 0 atom stereocenters. The molecule has 1 aromatic rings. The van der Waals surface area contributed by atoms with Crippen LogP contribution in [0.5, 0.6) is 5.75 Å². The number of hydrogen-bond acceptors (Lipinski definition) is 4. The minimum absolute atomic E-state index is 0.158. The van der Waals surface area contributed by atoms with E-state index in [1.165, 1.54) is 6.07 Å². The first kappa shape index (κ1) is 10.5. The molecule has 0 heterocycles. The van der Waals surface area contributed by atoms with Crippen LogP contribution in [-0.2, 0) is 4.74 Å². The first-order valence-electron chi connectivity index (χ1n) is 4.25. The number of phenols is 1. The smallest absolute Gasteiger partial charge is 0.118 e. The molecule has 0 saturated carbocycles. The second kappa shape index (κ2) is 4.62. The summed E-state index contributed by atoms with van der Waals surface area (Å²) in [6.07, 6.45) is 1.63. The van der Waals surface area contributed by atoms with Gasteiger partial charge in [0.1, 0.15) is 5.75 Å². The minimum atomic E-state index is 0.158. The number of aliphatic imine (C=N–C) groups is 1. The quantitative estimate of drug-likeness (QED) is 0.567. The van der Waals surface area contributed by atoms with Crippen molar-refractivity contribution in [1.82, 2.24) is 0 Å². The van der Waals surface area contributed by atoms with Crippen LogP contribution in [0.2, 0.25) is 0 Å². The molecular weight excluding hydrogens is 180 g/mol. The third kappa shape index (κ3) is 2.47. The number of nitrogen functional groups attached to an aromatic ring is 1. The van der Waals surface area contributed by atoms with Gasteiger partial charge in [-0.25, -0.2) is 0 Å². The Hall–Kier alpha value is -1.55. The second-order valence-electron chi connectivity index (χ2n) is 2.97. The van der Waals surface area contributed by atoms with E-state index in [-0.39, 0.29) is 5.75 Å². The average molecular weight is 194 g/mol. The highest BCUT2D eigenvalue weighted by Crippen LogP contribution is 2.30. The van der Waals surface area contributed by atoms with Gasteiger partial charge in [-0.15, -0.1) is 0 Å². The topological polar surface area (TPSA) is 67.8 Å². The van der Waals surface area contributed by atoms with Crippen LogP contribution in [0, 0.1) is 6.92 Å². The number of nitrogens with zero attached hydrogens (tertiary/aromatic N) is 1. The normalized spacial score (nSPS) is 11.0. The molecule has 0 spiro atoms. The van der Waals surface area contributed by atoms with Crippen molar-refractivity contribution in [2.75, 3.05) is 19.5 Å². The lowest BCUT2D eigenvalue weighted by atomic mass is 10.1. The molecule has 0 aliphatic rings. The third-order valence-corrected chi connectivity index (χ3v) is 1.78. The fourth-order valence-corrected chi connectivity index (χ4v) is 1.17. The summed E-state index contributed by atoms with van der Waals surface area (Å²) in [6.45, 7) is 2.29. The van der Waals surface area contributed by atoms with E-state index in [1.54, 1.807) is 19.4 Å². The van der Waals surface area contributed by atoms with E-state index in [9.17, 15) is 5.11 Å². The molecule has 0 amide bonds. The summed E-state index contributed by atoms with van der Waals surface area (Å²) in [5.74, 6) is 0.158. The zero-order valence-electron chi connectivity index (χ0n) is 8.32. The highest BCUT2D eigenvalue weighted by Gasteiger charge is 2.02. The summed E-state index contributed by atoms with van der Waals surface area (Å²) in [4.78, 5) is 4.15. The Balaban J connectivity index is 2.96. The number of methoxy groups -OCH3 is 1. The molecule has 0 aliphatic heterocycles. The first-order chi connectivity index (χ1) is 6.65. The van der Waals surface area contributed by atoms with Gasteiger partial charge in [-0.2, -0.15) is 0 Å². The van der Waals surface area contributed by atoms with Crippen LogP contribution in [0.25, 0.3) is 0 Å². The molecule has 1 rings (SSSR count). The zero-order valence-corrected chi connectivity index (χ0v) is 8.32. The predicted molar refractivity (Wildman–Crippen MR) is 57.3 cm³/mol. The number of hydrogen-bond donors (Lipinski definition) is 2. The molecule has 0 aromatic heterocycles. The second-order valence-corrected chi connectivity index (χ2v) is 2.97. The fraction of sp³-hybridized carbons (Fsp3) is 0.300. The van der Waals surface area contributed by atoms with Crippen LogP contribution in [0.4, 0.5) is 11.4 Å². The van der Waals surface area contributed by atoms with Crippen molar-refractivity contribution in [2.45, 2.75) is 6.92 Å². The predicted octanol–water partition coefficient (Wildman–Crippen LogP) is 1.63. The van der Waals surface area contributed by atoms with Crippen molar-refractivity contribution in [3.63, 3.8) is 0 Å². The molecule has 4 nitrogen and oxygen atoms in total. The van der Waals surface area contributed by atoms with Crippen LogP contribution in [0.3, 0.4) is 0 Å². The zero-order chi connectivity index (χ0) is 10.6. The number of anilines is 1. The van der Waals surface area contributed by atoms with Crippen molar-refractivity contribution < 1.29 is 9.84 Å². The highest BCUT2D eigenvalue weighted by atomic mass is 16.5. The van der Waals surface area contributed by atoms with Gasteiger partial charge in [0.15, 0.2) is 0 Å². The number of phenolic OH excluding ortho intramolecular Hbond substituents is 1. The Labute approximate surface area is 83.0 Å². The average Bonchev–Trinajstić information content (AvgIpc) is 2.09. The maximum Gasteiger partial charge on any atom is 0.118 e. The summed E-state index contributed by atoms with van der Waals surface area (Å²) in [6, 6.07) is 3.10. The summed E-state index contributed by atoms with van der Waals surface area (Å²) in [5, 5.41) is 9.23.